The van der Waals surface area contributed by atoms with Crippen molar-refractivity contribution >= 4 is 51.7 Å². The van der Waals surface area contributed by atoms with Gasteiger partial charge in [0.25, 0.3) is 0 Å². The summed E-state index contributed by atoms with van der Waals surface area (Å²) in [5.41, 5.74) is 28.0. The Morgan fingerprint density at radius 3 is 1.46 bits per heavy atom. The highest BCUT2D eigenvalue weighted by Crippen LogP contribution is 2.59. The molecule has 0 fully saturated rings. The maximum Gasteiger partial charge on any atom is 0.410 e. The third-order valence-corrected chi connectivity index (χ3v) is 23.2. The maximum atomic E-state index is 14.2. The number of rotatable bonds is 11. The molecule has 0 spiro atoms. The van der Waals surface area contributed by atoms with Crippen LogP contribution in [0, 0.1) is 0 Å². The second-order valence-corrected chi connectivity index (χ2v) is 30.1. The summed E-state index contributed by atoms with van der Waals surface area (Å²) >= 11 is 5.61. The van der Waals surface area contributed by atoms with E-state index in [1.165, 1.54) is 51.6 Å². The number of likely N-dealkylation sites (N-methyl/N-ethyl adjacent to an activating group) is 2. The van der Waals surface area contributed by atoms with Crippen molar-refractivity contribution in [2.45, 2.75) is 101 Å². The van der Waals surface area contributed by atoms with Gasteiger partial charge >= 0.3 is 6.09 Å². The lowest BCUT2D eigenvalue weighted by molar-refractivity contribution is 0.0799. The molecule has 5 N–H and O–H groups in total. The van der Waals surface area contributed by atoms with E-state index >= 15 is 0 Å². The number of nitrogens with two attached hydrogens (primary N) is 2. The fraction of sp³-hybridized carbons (Fsp3) is 0.322. The van der Waals surface area contributed by atoms with Gasteiger partial charge in [-0.1, -0.05) is 36.4 Å². The molecule has 4 atom stereocenters. The number of carbonyl (C=O) groups excluding carboxylic acids is 1. The Bertz CT molecular complexity index is 5690. The summed E-state index contributed by atoms with van der Waals surface area (Å²) in [5.74, 6) is 12.1. The van der Waals surface area contributed by atoms with Crippen molar-refractivity contribution in [3.63, 3.8) is 0 Å². The number of carbonyl (C=O) groups is 1. The van der Waals surface area contributed by atoms with Crippen LogP contribution in [0.25, 0.3) is 22.3 Å². The predicted octanol–water partition coefficient (Wildman–Crippen LogP) is 15.5. The molecule has 1 amide bonds. The zero-order chi connectivity index (χ0) is 77.8. The van der Waals surface area contributed by atoms with Crippen LogP contribution in [0.2, 0.25) is 0 Å². The Labute approximate surface area is 663 Å². The van der Waals surface area contributed by atoms with Crippen LogP contribution in [0.5, 0.6) is 92.0 Å². The van der Waals surface area contributed by atoms with Crippen LogP contribution in [-0.4, -0.2) is 141 Å². The van der Waals surface area contributed by atoms with Gasteiger partial charge in [0.05, 0.1) is 53.7 Å². The van der Waals surface area contributed by atoms with Gasteiger partial charge in [-0.3, -0.25) is 9.80 Å². The average molecular weight is 1560 g/mol. The molecule has 14 heterocycles. The van der Waals surface area contributed by atoms with Crippen LogP contribution in [-0.2, 0) is 69.2 Å². The number of fused-ring (bicyclic) bond motifs is 6. The highest BCUT2D eigenvalue weighted by atomic mass is 35.5. The van der Waals surface area contributed by atoms with Gasteiger partial charge in [-0.05, 0) is 225 Å². The summed E-state index contributed by atoms with van der Waals surface area (Å²) in [6.45, 7) is 4.72. The molecule has 0 saturated carbocycles. The quantitative estimate of drug-likeness (QED) is 0.0801. The fourth-order valence-electron chi connectivity index (χ4n) is 17.1. The van der Waals surface area contributed by atoms with Gasteiger partial charge in [-0.2, -0.15) is 0 Å². The van der Waals surface area contributed by atoms with E-state index in [0.717, 1.165) is 139 Å². The topological polar surface area (TPSA) is 280 Å². The molecule has 0 saturated heterocycles. The highest BCUT2D eigenvalue weighted by Gasteiger charge is 2.42. The summed E-state index contributed by atoms with van der Waals surface area (Å²) in [6.07, 6.45) is 13.4. The smallest absolute Gasteiger partial charge is 0.410 e. The minimum absolute atomic E-state index is 0.0671. The first-order chi connectivity index (χ1) is 55.7. The number of hydrogen-bond acceptors (Lipinski definition) is 23. The van der Waals surface area contributed by atoms with Crippen molar-refractivity contribution in [1.82, 2.24) is 59.1 Å². The van der Waals surface area contributed by atoms with Gasteiger partial charge in [0.15, 0.2) is 91.9 Å². The Balaban J connectivity index is 0.000000140. The van der Waals surface area contributed by atoms with Gasteiger partial charge in [0.2, 0.25) is 11.5 Å². The Morgan fingerprint density at radius 1 is 0.474 bits per heavy atom. The molecule has 22 rings (SSSR count). The number of nitrogens with zero attached hydrogens (tertiary/aromatic N) is 11. The van der Waals surface area contributed by atoms with Crippen molar-refractivity contribution in [2.24, 2.45) is 0 Å². The van der Waals surface area contributed by atoms with Gasteiger partial charge in [0, 0.05) is 67.9 Å². The third kappa shape index (κ3) is 14.0. The summed E-state index contributed by atoms with van der Waals surface area (Å²) in [7, 11) is 11.0. The summed E-state index contributed by atoms with van der Waals surface area (Å²) in [6, 6.07) is 41.4. The molecule has 584 valence electrons. The molecule has 14 bridgehead atoms. The van der Waals surface area contributed by atoms with E-state index in [-0.39, 0.29) is 24.7 Å². The van der Waals surface area contributed by atoms with E-state index in [1.54, 1.807) is 41.1 Å². The number of alkyl halides is 1. The Kier molecular flexibility index (Phi) is 20.0. The number of hydrogen-bond donors (Lipinski definition) is 3. The predicted molar refractivity (Wildman–Crippen MR) is 430 cm³/mol. The van der Waals surface area contributed by atoms with Crippen LogP contribution in [0.4, 0.5) is 16.4 Å². The molecule has 8 aromatic carbocycles. The number of aromatic nitrogens is 8. The van der Waals surface area contributed by atoms with Crippen molar-refractivity contribution in [2.75, 3.05) is 92.7 Å². The zero-order valence-electron chi connectivity index (χ0n) is 64.2. The molecule has 0 aliphatic carbocycles. The number of nitrogen functional groups attached to an aromatic ring is 2. The average Bonchev–Trinajstić information content (AvgIpc) is 1.04. The number of benzene rings is 8. The Hall–Kier alpha value is -12.1. The number of halogens is 1. The number of nitrogens with one attached hydrogen (secondary N) is 1. The van der Waals surface area contributed by atoms with Crippen LogP contribution in [0.1, 0.15) is 104 Å². The molecule has 0 radical (unpaired) electrons. The molecule has 12 aromatic rings. The van der Waals surface area contributed by atoms with Crippen molar-refractivity contribution in [3.8, 4) is 92.0 Å². The SMILES string of the molecule is COc1ccc2cc1Oc1ccc(cc1)C[C@@H]1NCCc3cc(OC)c4c(c31)Oc1cc3c(cc1O4)CCN(C)[C@H]3C2.COc1ccc2cc1Oc1ccc(cc1)C[C@H]1c3c(cc(OC)c4c3Oc3cc5c(cc3O4)CCN(C)[C@H]5C2)CCN1C(=O)OCCCn1cnc2c(N)ncnc21.Nc1ncnc2c1ncn2CCCCl. The zero-order valence-corrected chi connectivity index (χ0v) is 65.0. The molecular formula is C87H87ClN14O12. The molecule has 10 aliphatic rings. The number of imidazole rings is 2. The normalized spacial score (nSPS) is 17.8. The van der Waals surface area contributed by atoms with E-state index in [2.05, 4.69) is 126 Å². The lowest BCUT2D eigenvalue weighted by atomic mass is 9.86. The largest absolute Gasteiger partial charge is 0.493 e. The molecule has 4 aromatic heterocycles. The third-order valence-electron chi connectivity index (χ3n) is 22.9. The van der Waals surface area contributed by atoms with Gasteiger partial charge in [-0.15, -0.1) is 11.6 Å². The van der Waals surface area contributed by atoms with Crippen LogP contribution in [0.3, 0.4) is 0 Å². The van der Waals surface area contributed by atoms with Gasteiger partial charge in [0.1, 0.15) is 35.2 Å². The van der Waals surface area contributed by atoms with Crippen molar-refractivity contribution in [1.29, 1.82) is 0 Å². The minimum atomic E-state index is -0.447. The van der Waals surface area contributed by atoms with Crippen molar-refractivity contribution in [3.05, 3.63) is 213 Å². The number of methoxy groups -OCH3 is 4. The van der Waals surface area contributed by atoms with Crippen LogP contribution >= 0.6 is 11.6 Å². The van der Waals surface area contributed by atoms with E-state index in [0.29, 0.717) is 124 Å². The standard InChI is InChI=1S/C44H43N7O7.C35H34N2O5.C8H10ClN5/c1-49-14-11-27-20-35-36-22-30(27)31(49)18-26-7-10-33(53-2)34(19-26)56-29-8-5-25(6-9-29)17-32-38-28(21-37(54-3)40(57-35)41(38)58-36)12-15-51(32)44(52)55-16-4-13-50-24-48-39-42(45)46-23-47-43(39)50;1-37-13-11-22-17-30-31-19-25(22)27(37)15-21-6-9-28(38-2)29(16-21)40-24-7-4-20(5-8-24)14-26-33-23(10-12-36-26)18-32(39-3)34(41-30)35(33)42-31;9-2-1-3-14-5-13-6-7(10)11-4-12-8(6)14/h5-10,19-24,31-32H,4,11-18H2,1-3H3,(H2,45,46,47);4-9,16-19,26-27,36H,10-15H2,1-3H3;4-5H,1-3H2,(H2,10,11,12)/t31-,32-;26-,27-;/m00./s1. The Morgan fingerprint density at radius 2 is 0.939 bits per heavy atom. The minimum Gasteiger partial charge on any atom is -0.493 e. The lowest BCUT2D eigenvalue weighted by Crippen LogP contribution is -2.41. The summed E-state index contributed by atoms with van der Waals surface area (Å²) in [5, 5.41) is 3.74. The number of ether oxygens (including phenoxy) is 11. The highest BCUT2D eigenvalue weighted by molar-refractivity contribution is 6.17. The second-order valence-electron chi connectivity index (χ2n) is 29.8. The van der Waals surface area contributed by atoms with E-state index in [1.807, 2.05) is 68.6 Å². The first kappa shape index (κ1) is 73.4. The van der Waals surface area contributed by atoms with E-state index in [4.69, 9.17) is 75.2 Å². The summed E-state index contributed by atoms with van der Waals surface area (Å²) in [4.78, 5) is 45.6. The molecule has 26 nitrogen and oxygen atoms in total. The fourth-order valence-corrected chi connectivity index (χ4v) is 17.2. The lowest BCUT2D eigenvalue weighted by Gasteiger charge is -2.39. The monoisotopic (exact) mass is 1550 g/mol. The second kappa shape index (κ2) is 31.1. The van der Waals surface area contributed by atoms with E-state index in [9.17, 15) is 4.79 Å². The number of anilines is 2. The molecule has 27 heteroatoms. The van der Waals surface area contributed by atoms with Crippen LogP contribution < -0.4 is 64.2 Å². The number of aryl methyl sites for hydroxylation is 2. The summed E-state index contributed by atoms with van der Waals surface area (Å²) < 4.78 is 73.1. The van der Waals surface area contributed by atoms with Gasteiger partial charge < -0.3 is 82.9 Å². The maximum absolute atomic E-state index is 14.2. The molecule has 10 aliphatic heterocycles. The van der Waals surface area contributed by atoms with E-state index < -0.39 is 12.1 Å². The van der Waals surface area contributed by atoms with Crippen LogP contribution in [0.15, 0.2) is 147 Å². The first-order valence-corrected chi connectivity index (χ1v) is 39.1. The molecule has 0 unspecified atom stereocenters. The first-order valence-electron chi connectivity index (χ1n) is 38.6. The molecular weight excluding hydrogens is 1470 g/mol. The number of amides is 1. The van der Waals surface area contributed by atoms with Gasteiger partial charge in [-0.25, -0.2) is 34.7 Å². The van der Waals surface area contributed by atoms with Crippen molar-refractivity contribution < 1.29 is 56.9 Å². The molecule has 114 heavy (non-hydrogen) atoms.